The second-order valence-electron chi connectivity index (χ2n) is 35.2. The number of ether oxygens (including phenoxy) is 10. The van der Waals surface area contributed by atoms with E-state index in [9.17, 15) is 85.6 Å². The second kappa shape index (κ2) is 47.4. The number of aliphatic hydroxyl groups is 9. The Morgan fingerprint density at radius 1 is 0.507 bits per heavy atom. The summed E-state index contributed by atoms with van der Waals surface area (Å²) < 4.78 is 64.5. The predicted molar refractivity (Wildman–Crippen MR) is 487 cm³/mol. The fraction of sp³-hybridized carbons (Fsp3) is 0.464. The lowest BCUT2D eigenvalue weighted by molar-refractivity contribution is -0.284. The summed E-state index contributed by atoms with van der Waals surface area (Å²) in [4.78, 5) is 155. The summed E-state index contributed by atoms with van der Waals surface area (Å²) in [5.41, 5.74) is 4.98. The molecule has 0 aromatic heterocycles. The van der Waals surface area contributed by atoms with Crippen LogP contribution < -0.4 is 61.3 Å². The molecular weight excluding hydrogens is 1880 g/mol. The number of ketones is 2. The number of Topliss-reactive ketones (excluding diaryl/α,β-unsaturated/α-hetero) is 2. The van der Waals surface area contributed by atoms with Crippen LogP contribution in [-0.4, -0.2) is 249 Å². The van der Waals surface area contributed by atoms with Crippen molar-refractivity contribution in [3.8, 4) is 80.1 Å². The summed E-state index contributed by atoms with van der Waals surface area (Å²) in [6.07, 6.45) is -21.5. The van der Waals surface area contributed by atoms with Gasteiger partial charge in [0.15, 0.2) is 40.9 Å². The van der Waals surface area contributed by atoms with Crippen molar-refractivity contribution in [2.24, 2.45) is 5.73 Å². The Hall–Kier alpha value is -12.2. The van der Waals surface area contributed by atoms with E-state index in [1.165, 1.54) is 66.7 Å². The topological polar surface area (TPSA) is 641 Å². The number of nitrogens with two attached hydrogens (primary N) is 1. The van der Waals surface area contributed by atoms with Gasteiger partial charge < -0.3 is 151 Å². The second-order valence-corrected chi connectivity index (χ2v) is 36.0. The SMILES string of the molecule is CCCCCCCCC(=O)NC1[C@H](Oc2c3cc4cc2Oc2ccc(cc2Cl)[C@@H](O[C@@H]2OC(CO)[C@@H](O)[C@H](O)C2NC(C)=O)[C@@H]2NC(=O)[C@H](CC(=O)[C@@H]4NC(=O)[C@H]4CC(=O)[C@@H](Cc5ccc(c(Cl)c5)O3)NC(=O)[C@H](N)c3ccc(O)c(c3)Oc3cc(O)cc4c3)c3ccc(O)c(c3)-c3c(cc(O)cc3O[C@H]3OC(CO)[C@@H](O)C(O)[C@H]3O)CNC2=O)OC(COC(=O)CCCCCCC)[C@@H](O)[C@@H]1O.O=C=O. The number of benzene rings is 7. The van der Waals surface area contributed by atoms with Crippen molar-refractivity contribution < 1.29 is 166 Å². The van der Waals surface area contributed by atoms with Gasteiger partial charge in [-0.15, -0.1) is 0 Å². The number of phenols is 4. The third-order valence-corrected chi connectivity index (χ3v) is 25.8. The molecule has 0 aliphatic carbocycles. The summed E-state index contributed by atoms with van der Waals surface area (Å²) in [6.45, 7) is 1.66. The van der Waals surface area contributed by atoms with Gasteiger partial charge in [-0.25, -0.2) is 0 Å². The van der Waals surface area contributed by atoms with Gasteiger partial charge in [-0.1, -0.05) is 119 Å². The normalized spacial score (nSPS) is 27.2. The monoisotopic (exact) mass is 1990 g/mol. The van der Waals surface area contributed by atoms with Crippen molar-refractivity contribution in [3.05, 3.63) is 164 Å². The molecule has 9 heterocycles. The lowest BCUT2D eigenvalue weighted by Crippen LogP contribution is -2.65. The van der Waals surface area contributed by atoms with Crippen LogP contribution in [0.5, 0.6) is 69.0 Å². The van der Waals surface area contributed by atoms with Gasteiger partial charge in [-0.3, -0.25) is 43.2 Å². The molecular formula is C97H111Cl2N7O34. The molecule has 17 bridgehead atoms. The van der Waals surface area contributed by atoms with Gasteiger partial charge in [0, 0.05) is 62.4 Å². The van der Waals surface area contributed by atoms with Crippen LogP contribution in [0.1, 0.15) is 186 Å². The zero-order chi connectivity index (χ0) is 101. The largest absolute Gasteiger partial charge is 0.508 e. The number of unbranched alkanes of at least 4 members (excludes halogenated alkanes) is 9. The minimum Gasteiger partial charge on any atom is -0.508 e. The van der Waals surface area contributed by atoms with Crippen LogP contribution in [0.25, 0.3) is 11.1 Å². The first-order valence-electron chi connectivity index (χ1n) is 45.8. The summed E-state index contributed by atoms with van der Waals surface area (Å²) in [5.74, 6) is -19.2. The van der Waals surface area contributed by atoms with Gasteiger partial charge in [0.25, 0.3) is 0 Å². The first-order chi connectivity index (χ1) is 67.0. The van der Waals surface area contributed by atoms with E-state index in [0.717, 1.165) is 100 Å². The maximum Gasteiger partial charge on any atom is 0.373 e. The van der Waals surface area contributed by atoms with Crippen molar-refractivity contribution in [3.63, 3.8) is 0 Å². The Morgan fingerprint density at radius 3 is 1.74 bits per heavy atom. The standard InChI is InChI=1S/C96H111Cl2N7O32.CO2/c1-4-6-8-10-12-13-15-73(115)103-79-85(121)83(119)72(42-128-74(116)16-14-11-9-7-5-2)135-95(79)137-89-68-33-49-34-69(89)131-65-24-20-47(31-58(65)98)88(136-94-78(101-43(3)108)84(120)81(117)70(40-106)133-94)80-93(127)100-39-50-28-52(110)36-67(132-96-87(123)86(122)82(118)71(41-107)134-96)75(50)56-30-45(18-21-60(56)111)54(90(124)105-80)38-63(114)77(49)104-91(125)55-37-62(113)59(26-44-17-23-64(130-68)57(97)25-44)102-92(126)76(99)46-19-22-61(112)66(32-46)129-53-29-48(55)27-51(109)35-53;2-1-3/h17-25,27-36,54-55,59,70-72,76-88,94-96,106-107,109-112,117-123H,4-16,26,37-42,99H2,1-3H3,(H,100,127)(H,101,108)(H,102,126)(H,103,115)(H,104,125)(H,105,124);/t54-,55+,59-,70?,71?,72?,76-,77-,78?,79?,80+,81-,82-,83-,84-,85-,86?,87-,88-,94+,95+,96+;/m1./s1. The Kier molecular flexibility index (Phi) is 35.6. The molecule has 0 saturated carbocycles. The number of hydrogen-bond acceptors (Lipinski definition) is 35. The Morgan fingerprint density at radius 2 is 1.08 bits per heavy atom. The van der Waals surface area contributed by atoms with Crippen LogP contribution in [0.4, 0.5) is 0 Å². The molecule has 9 aliphatic heterocycles. The van der Waals surface area contributed by atoms with E-state index in [-0.39, 0.29) is 85.8 Å². The number of aliphatic hydroxyl groups excluding tert-OH is 9. The van der Waals surface area contributed by atoms with E-state index in [1.807, 2.05) is 13.8 Å². The van der Waals surface area contributed by atoms with E-state index in [4.69, 9.17) is 85.9 Å². The van der Waals surface area contributed by atoms with Crippen LogP contribution in [0.2, 0.25) is 10.0 Å². The van der Waals surface area contributed by atoms with Gasteiger partial charge in [0.1, 0.15) is 144 Å². The zero-order valence-corrected chi connectivity index (χ0v) is 77.5. The van der Waals surface area contributed by atoms with E-state index >= 15 is 24.0 Å². The number of halogens is 2. The van der Waals surface area contributed by atoms with Crippen LogP contribution >= 0.6 is 23.2 Å². The molecule has 6 unspecified atom stereocenters. The Balaban J connectivity index is 0.00000543. The summed E-state index contributed by atoms with van der Waals surface area (Å²) in [6, 6.07) is 11.1. The lowest BCUT2D eigenvalue weighted by Gasteiger charge is -2.44. The van der Waals surface area contributed by atoms with Crippen molar-refractivity contribution >= 4 is 82.3 Å². The number of hydrogen-bond donors (Lipinski definition) is 20. The Labute approximate surface area is 810 Å². The number of nitrogens with one attached hydrogen (secondary N) is 6. The van der Waals surface area contributed by atoms with E-state index in [2.05, 4.69) is 31.9 Å². The molecule has 3 saturated heterocycles. The molecule has 9 aliphatic rings. The zero-order valence-electron chi connectivity index (χ0n) is 76.0. The minimum atomic E-state index is -2.32. The third-order valence-electron chi connectivity index (χ3n) is 25.2. The molecule has 16 rings (SSSR count). The molecule has 0 radical (unpaired) electrons. The average Bonchev–Trinajstić information content (AvgIpc) is 0.761. The molecule has 6 amide bonds. The minimum absolute atomic E-state index is 0.0458. The molecule has 7 aromatic carbocycles. The summed E-state index contributed by atoms with van der Waals surface area (Å²) in [5, 5.41) is 165. The highest BCUT2D eigenvalue weighted by Crippen LogP contribution is 2.51. The van der Waals surface area contributed by atoms with Crippen molar-refractivity contribution in [2.75, 3.05) is 19.8 Å². The van der Waals surface area contributed by atoms with Crippen LogP contribution in [0.3, 0.4) is 0 Å². The van der Waals surface area contributed by atoms with E-state index in [1.54, 1.807) is 0 Å². The lowest BCUT2D eigenvalue weighted by atomic mass is 9.85. The van der Waals surface area contributed by atoms with E-state index < -0.39 is 295 Å². The number of esters is 1. The van der Waals surface area contributed by atoms with Gasteiger partial charge in [-0.2, -0.15) is 9.59 Å². The fourth-order valence-electron chi connectivity index (χ4n) is 17.7. The number of amides is 6. The average molecular weight is 1990 g/mol. The first-order valence-corrected chi connectivity index (χ1v) is 46.6. The van der Waals surface area contributed by atoms with Gasteiger partial charge in [-0.05, 0) is 137 Å². The molecule has 0 spiro atoms. The van der Waals surface area contributed by atoms with Crippen molar-refractivity contribution in [1.29, 1.82) is 0 Å². The molecule has 21 N–H and O–H groups in total. The molecule has 41 nitrogen and oxygen atoms in total. The molecule has 43 heteroatoms. The highest BCUT2D eigenvalue weighted by Gasteiger charge is 2.52. The molecule has 3 fully saturated rings. The summed E-state index contributed by atoms with van der Waals surface area (Å²) >= 11 is 14.9. The third kappa shape index (κ3) is 24.8. The summed E-state index contributed by atoms with van der Waals surface area (Å²) in [7, 11) is 0. The number of rotatable bonds is 25. The number of phenolic OH excluding ortho intramolecular Hbond substituents is 4. The highest BCUT2D eigenvalue weighted by molar-refractivity contribution is 6.32. The molecule has 7 aromatic rings. The van der Waals surface area contributed by atoms with Gasteiger partial charge in [0.2, 0.25) is 53.8 Å². The molecule has 22 atom stereocenters. The number of carbonyl (C=O) groups is 9. The van der Waals surface area contributed by atoms with Crippen LogP contribution in [0, 0.1) is 0 Å². The van der Waals surface area contributed by atoms with Crippen LogP contribution in [-0.2, 0) is 89.4 Å². The quantitative estimate of drug-likeness (QED) is 0.0257. The first kappa shape index (κ1) is 105. The van der Waals surface area contributed by atoms with Crippen molar-refractivity contribution in [2.45, 2.75) is 264 Å². The van der Waals surface area contributed by atoms with E-state index in [0.29, 0.717) is 25.7 Å². The van der Waals surface area contributed by atoms with Crippen LogP contribution in [0.15, 0.2) is 115 Å². The number of fused-ring (bicyclic) bond motifs is 14. The fourth-order valence-corrected chi connectivity index (χ4v) is 18.2. The number of aromatic hydroxyl groups is 4. The molecule has 752 valence electrons. The maximum atomic E-state index is 17.2. The van der Waals surface area contributed by atoms with Gasteiger partial charge >= 0.3 is 12.1 Å². The molecule has 140 heavy (non-hydrogen) atoms. The number of carbonyl (C=O) groups excluding carboxylic acids is 11. The highest BCUT2D eigenvalue weighted by atomic mass is 35.5. The Bertz CT molecular complexity index is 5730. The smallest absolute Gasteiger partial charge is 0.373 e. The predicted octanol–water partition coefficient (Wildman–Crippen LogP) is 5.25. The van der Waals surface area contributed by atoms with Crippen molar-refractivity contribution in [1.82, 2.24) is 31.9 Å². The maximum absolute atomic E-state index is 17.2. The van der Waals surface area contributed by atoms with Gasteiger partial charge in [0.05, 0.1) is 41.1 Å².